The summed E-state index contributed by atoms with van der Waals surface area (Å²) in [6.07, 6.45) is 9.95. The van der Waals surface area contributed by atoms with Crippen LogP contribution in [0, 0.1) is 0 Å². The highest BCUT2D eigenvalue weighted by molar-refractivity contribution is 4.91. The molecule has 13 heavy (non-hydrogen) atoms. The van der Waals surface area contributed by atoms with E-state index in [1.165, 1.54) is 25.7 Å². The molecule has 0 aliphatic heterocycles. The van der Waals surface area contributed by atoms with Crippen LogP contribution < -0.4 is 5.73 Å². The molecule has 0 aliphatic carbocycles. The van der Waals surface area contributed by atoms with Gasteiger partial charge in [-0.15, -0.1) is 0 Å². The highest BCUT2D eigenvalue weighted by Gasteiger charge is 1.99. The second-order valence-corrected chi connectivity index (χ2v) is 3.31. The molecule has 0 radical (unpaired) electrons. The first-order valence-electron chi connectivity index (χ1n) is 5.08. The Bertz CT molecular complexity index is 230. The summed E-state index contributed by atoms with van der Waals surface area (Å²) in [7, 11) is 0. The zero-order valence-electron chi connectivity index (χ0n) is 8.37. The molecule has 0 saturated heterocycles. The van der Waals surface area contributed by atoms with Crippen LogP contribution in [0.15, 0.2) is 12.4 Å². The third-order valence-corrected chi connectivity index (χ3v) is 2.25. The van der Waals surface area contributed by atoms with Crippen molar-refractivity contribution in [2.24, 2.45) is 5.73 Å². The van der Waals surface area contributed by atoms with Crippen LogP contribution in [0.3, 0.4) is 0 Å². The molecule has 1 aromatic heterocycles. The topological polar surface area (TPSA) is 43.8 Å². The third kappa shape index (κ3) is 3.19. The van der Waals surface area contributed by atoms with E-state index in [2.05, 4.69) is 11.9 Å². The monoisotopic (exact) mass is 181 g/mol. The molecule has 3 heteroatoms. The number of unbranched alkanes of at least 4 members (excludes halogenated alkanes) is 3. The van der Waals surface area contributed by atoms with Gasteiger partial charge in [0, 0.05) is 18.8 Å². The van der Waals surface area contributed by atoms with Crippen molar-refractivity contribution in [3.63, 3.8) is 0 Å². The minimum atomic E-state index is 0.545. The highest BCUT2D eigenvalue weighted by Crippen LogP contribution is 2.05. The standard InChI is InChI=1S/C10H19N3/c1-2-3-4-5-6-10-12-7-8-13(10)9-11/h7-8H,2-6,9,11H2,1H3. The molecular weight excluding hydrogens is 162 g/mol. The summed E-state index contributed by atoms with van der Waals surface area (Å²) in [6.45, 7) is 2.77. The fraction of sp³-hybridized carbons (Fsp3) is 0.700. The van der Waals surface area contributed by atoms with Crippen molar-refractivity contribution >= 4 is 0 Å². The van der Waals surface area contributed by atoms with Crippen LogP contribution in [0.1, 0.15) is 38.4 Å². The van der Waals surface area contributed by atoms with Crippen LogP contribution in [0.5, 0.6) is 0 Å². The van der Waals surface area contributed by atoms with Crippen LogP contribution in [0.2, 0.25) is 0 Å². The predicted octanol–water partition coefficient (Wildman–Crippen LogP) is 1.92. The molecule has 1 rings (SSSR count). The lowest BCUT2D eigenvalue weighted by atomic mass is 10.1. The number of imidazole rings is 1. The van der Waals surface area contributed by atoms with E-state index >= 15 is 0 Å². The molecule has 0 atom stereocenters. The molecule has 1 aromatic rings. The first-order chi connectivity index (χ1) is 6.38. The van der Waals surface area contributed by atoms with Gasteiger partial charge in [-0.2, -0.15) is 0 Å². The second-order valence-electron chi connectivity index (χ2n) is 3.31. The Labute approximate surface area is 80.0 Å². The summed E-state index contributed by atoms with van der Waals surface area (Å²) in [5, 5.41) is 0. The van der Waals surface area contributed by atoms with Gasteiger partial charge in [-0.1, -0.05) is 26.2 Å². The lowest BCUT2D eigenvalue weighted by Gasteiger charge is -2.03. The molecule has 2 N–H and O–H groups in total. The summed E-state index contributed by atoms with van der Waals surface area (Å²) >= 11 is 0. The maximum Gasteiger partial charge on any atom is 0.109 e. The summed E-state index contributed by atoms with van der Waals surface area (Å²) in [5.74, 6) is 1.12. The van der Waals surface area contributed by atoms with E-state index in [1.54, 1.807) is 0 Å². The highest BCUT2D eigenvalue weighted by atomic mass is 15.1. The van der Waals surface area contributed by atoms with Crippen LogP contribution in [-0.2, 0) is 13.1 Å². The Morgan fingerprint density at radius 2 is 2.23 bits per heavy atom. The van der Waals surface area contributed by atoms with E-state index in [9.17, 15) is 0 Å². The summed E-state index contributed by atoms with van der Waals surface area (Å²) in [5.41, 5.74) is 5.55. The van der Waals surface area contributed by atoms with Gasteiger partial charge < -0.3 is 10.3 Å². The van der Waals surface area contributed by atoms with Crippen LogP contribution >= 0.6 is 0 Å². The summed E-state index contributed by atoms with van der Waals surface area (Å²) < 4.78 is 2.01. The lowest BCUT2D eigenvalue weighted by Crippen LogP contribution is -2.09. The molecule has 0 aliphatic rings. The lowest BCUT2D eigenvalue weighted by molar-refractivity contribution is 0.614. The van der Waals surface area contributed by atoms with Gasteiger partial charge in [0.1, 0.15) is 5.82 Å². The number of nitrogens with two attached hydrogens (primary N) is 1. The van der Waals surface area contributed by atoms with Crippen LogP contribution in [0.4, 0.5) is 0 Å². The molecule has 1 heterocycles. The third-order valence-electron chi connectivity index (χ3n) is 2.25. The Morgan fingerprint density at radius 1 is 1.38 bits per heavy atom. The number of hydrogen-bond donors (Lipinski definition) is 1. The van der Waals surface area contributed by atoms with E-state index in [0.29, 0.717) is 6.67 Å². The smallest absolute Gasteiger partial charge is 0.109 e. The Hall–Kier alpha value is -0.830. The molecule has 0 fully saturated rings. The van der Waals surface area contributed by atoms with E-state index in [-0.39, 0.29) is 0 Å². The van der Waals surface area contributed by atoms with Gasteiger partial charge >= 0.3 is 0 Å². The second kappa shape index (κ2) is 5.75. The van der Waals surface area contributed by atoms with E-state index < -0.39 is 0 Å². The number of aromatic nitrogens is 2. The normalized spacial score (nSPS) is 10.6. The molecule has 0 aromatic carbocycles. The number of rotatable bonds is 6. The minimum Gasteiger partial charge on any atom is -0.322 e. The van der Waals surface area contributed by atoms with Crippen LogP contribution in [-0.4, -0.2) is 9.55 Å². The molecule has 3 nitrogen and oxygen atoms in total. The van der Waals surface area contributed by atoms with Crippen molar-refractivity contribution in [2.45, 2.75) is 45.7 Å². The Balaban J connectivity index is 2.27. The van der Waals surface area contributed by atoms with Gasteiger partial charge in [-0.05, 0) is 6.42 Å². The van der Waals surface area contributed by atoms with Gasteiger partial charge in [0.05, 0.1) is 6.67 Å². The van der Waals surface area contributed by atoms with Crippen molar-refractivity contribution in [3.8, 4) is 0 Å². The maximum atomic E-state index is 5.55. The quantitative estimate of drug-likeness (QED) is 0.681. The van der Waals surface area contributed by atoms with Crippen LogP contribution in [0.25, 0.3) is 0 Å². The molecule has 74 valence electrons. The maximum absolute atomic E-state index is 5.55. The zero-order chi connectivity index (χ0) is 9.52. The average molecular weight is 181 g/mol. The first kappa shape index (κ1) is 10.3. The average Bonchev–Trinajstić information content (AvgIpc) is 2.60. The molecule has 0 unspecified atom stereocenters. The number of nitrogens with zero attached hydrogens (tertiary/aromatic N) is 2. The van der Waals surface area contributed by atoms with E-state index in [0.717, 1.165) is 12.2 Å². The van der Waals surface area contributed by atoms with Gasteiger partial charge in [-0.25, -0.2) is 4.98 Å². The van der Waals surface area contributed by atoms with Gasteiger partial charge in [0.25, 0.3) is 0 Å². The first-order valence-corrected chi connectivity index (χ1v) is 5.08. The summed E-state index contributed by atoms with van der Waals surface area (Å²) in [6, 6.07) is 0. The predicted molar refractivity (Wildman–Crippen MR) is 54.3 cm³/mol. The minimum absolute atomic E-state index is 0.545. The van der Waals surface area contributed by atoms with Crippen molar-refractivity contribution < 1.29 is 0 Å². The van der Waals surface area contributed by atoms with Crippen molar-refractivity contribution in [1.82, 2.24) is 9.55 Å². The van der Waals surface area contributed by atoms with Gasteiger partial charge in [0.2, 0.25) is 0 Å². The fourth-order valence-electron chi connectivity index (χ4n) is 1.44. The summed E-state index contributed by atoms with van der Waals surface area (Å²) in [4.78, 5) is 4.27. The van der Waals surface area contributed by atoms with E-state index in [1.807, 2.05) is 17.0 Å². The fourth-order valence-corrected chi connectivity index (χ4v) is 1.44. The van der Waals surface area contributed by atoms with Crippen molar-refractivity contribution in [1.29, 1.82) is 0 Å². The number of aryl methyl sites for hydroxylation is 1. The van der Waals surface area contributed by atoms with Crippen molar-refractivity contribution in [2.75, 3.05) is 0 Å². The Morgan fingerprint density at radius 3 is 2.92 bits per heavy atom. The van der Waals surface area contributed by atoms with Gasteiger partial charge in [-0.3, -0.25) is 0 Å². The van der Waals surface area contributed by atoms with Crippen molar-refractivity contribution in [3.05, 3.63) is 18.2 Å². The largest absolute Gasteiger partial charge is 0.322 e. The molecular formula is C10H19N3. The molecule has 0 amide bonds. The molecule has 0 saturated carbocycles. The van der Waals surface area contributed by atoms with Gasteiger partial charge in [0.15, 0.2) is 0 Å². The SMILES string of the molecule is CCCCCCc1nccn1CN. The molecule has 0 bridgehead atoms. The zero-order valence-corrected chi connectivity index (χ0v) is 8.37. The number of hydrogen-bond acceptors (Lipinski definition) is 2. The molecule has 0 spiro atoms. The Kier molecular flexibility index (Phi) is 4.54. The van der Waals surface area contributed by atoms with E-state index in [4.69, 9.17) is 5.73 Å².